The van der Waals surface area contributed by atoms with Crippen LogP contribution in [0.4, 0.5) is 0 Å². The van der Waals surface area contributed by atoms with Crippen molar-refractivity contribution in [3.8, 4) is 0 Å². The first kappa shape index (κ1) is 65.1. The van der Waals surface area contributed by atoms with Crippen molar-refractivity contribution >= 4 is 5.91 Å². The molecule has 0 aromatic rings. The summed E-state index contributed by atoms with van der Waals surface area (Å²) in [5, 5.41) is 23.2. The fourth-order valence-corrected chi connectivity index (χ4v) is 9.13. The molecule has 0 fully saturated rings. The van der Waals surface area contributed by atoms with Gasteiger partial charge in [0, 0.05) is 6.42 Å². The average Bonchev–Trinajstić information content (AvgIpc) is 3.33. The zero-order valence-corrected chi connectivity index (χ0v) is 45.2. The van der Waals surface area contributed by atoms with Gasteiger partial charge in [-0.3, -0.25) is 4.79 Å². The van der Waals surface area contributed by atoms with E-state index < -0.39 is 12.1 Å². The normalized spacial score (nSPS) is 13.2. The van der Waals surface area contributed by atoms with Crippen LogP contribution in [0.3, 0.4) is 0 Å². The Morgan fingerprint density at radius 1 is 0.358 bits per heavy atom. The zero-order chi connectivity index (χ0) is 48.5. The second-order valence-corrected chi connectivity index (χ2v) is 20.4. The Kier molecular flexibility index (Phi) is 56.7. The third kappa shape index (κ3) is 54.9. The largest absolute Gasteiger partial charge is 0.394 e. The van der Waals surface area contributed by atoms with E-state index in [1.165, 1.54) is 250 Å². The number of aliphatic hydroxyl groups excluding tert-OH is 2. The minimum atomic E-state index is -0.871. The Labute approximate surface area is 419 Å². The summed E-state index contributed by atoms with van der Waals surface area (Å²) in [6.45, 7) is 4.31. The maximum Gasteiger partial charge on any atom is 0.220 e. The summed E-state index contributed by atoms with van der Waals surface area (Å²) < 4.78 is 0. The van der Waals surface area contributed by atoms with Gasteiger partial charge in [0.1, 0.15) is 0 Å². The average molecular weight is 937 g/mol. The minimum Gasteiger partial charge on any atom is -0.394 e. The van der Waals surface area contributed by atoms with E-state index in [4.69, 9.17) is 0 Å². The zero-order valence-electron chi connectivity index (χ0n) is 45.2. The van der Waals surface area contributed by atoms with Crippen LogP contribution in [0.1, 0.15) is 316 Å². The molecule has 0 rings (SSSR count). The summed E-state index contributed by atoms with van der Waals surface area (Å²) >= 11 is 0. The van der Waals surface area contributed by atoms with Crippen LogP contribution in [0.2, 0.25) is 0 Å². The lowest BCUT2D eigenvalue weighted by molar-refractivity contribution is -0.123. The van der Waals surface area contributed by atoms with E-state index in [0.29, 0.717) is 6.42 Å². The number of carbonyl (C=O) groups is 1. The lowest BCUT2D eigenvalue weighted by Gasteiger charge is -2.19. The van der Waals surface area contributed by atoms with Crippen LogP contribution < -0.4 is 5.32 Å². The van der Waals surface area contributed by atoms with Gasteiger partial charge in [0.15, 0.2) is 0 Å². The molecule has 0 bridgehead atoms. The maximum absolute atomic E-state index is 12.5. The van der Waals surface area contributed by atoms with Gasteiger partial charge in [-0.25, -0.2) is 0 Å². The van der Waals surface area contributed by atoms with Crippen molar-refractivity contribution in [2.45, 2.75) is 328 Å². The summed E-state index contributed by atoms with van der Waals surface area (Å²) in [5.74, 6) is -0.0738. The van der Waals surface area contributed by atoms with Gasteiger partial charge in [0.2, 0.25) is 5.91 Å². The van der Waals surface area contributed by atoms with Crippen molar-refractivity contribution in [3.63, 3.8) is 0 Å². The molecular weight excluding hydrogens is 819 g/mol. The minimum absolute atomic E-state index is 0.0738. The molecule has 0 aromatic heterocycles. The quantitative estimate of drug-likeness (QED) is 0.0420. The molecule has 0 heterocycles. The molecule has 0 aliphatic carbocycles. The number of amides is 1. The number of rotatable bonds is 55. The van der Waals surface area contributed by atoms with E-state index in [0.717, 1.165) is 44.9 Å². The van der Waals surface area contributed by atoms with Crippen LogP contribution in [0.5, 0.6) is 0 Å². The van der Waals surface area contributed by atoms with E-state index in [1.54, 1.807) is 6.08 Å². The van der Waals surface area contributed by atoms with Crippen LogP contribution in [-0.4, -0.2) is 34.9 Å². The Hall–Kier alpha value is -1.91. The van der Waals surface area contributed by atoms with Gasteiger partial charge >= 0.3 is 0 Å². The number of hydrogen-bond donors (Lipinski definition) is 3. The predicted octanol–water partition coefficient (Wildman–Crippen LogP) is 20.0. The molecule has 2 unspecified atom stereocenters. The summed E-state index contributed by atoms with van der Waals surface area (Å²) in [4.78, 5) is 12.5. The Morgan fingerprint density at radius 3 is 0.955 bits per heavy atom. The molecule has 4 heteroatoms. The molecule has 1 amide bonds. The monoisotopic (exact) mass is 936 g/mol. The van der Waals surface area contributed by atoms with E-state index >= 15 is 0 Å². The summed E-state index contributed by atoms with van der Waals surface area (Å²) in [6, 6.07) is -0.647. The first-order valence-corrected chi connectivity index (χ1v) is 30.0. The number of hydrogen-bond acceptors (Lipinski definition) is 3. The van der Waals surface area contributed by atoms with Crippen LogP contribution in [0.25, 0.3) is 0 Å². The molecule has 0 aliphatic rings. The van der Waals surface area contributed by atoms with Crippen molar-refractivity contribution in [3.05, 3.63) is 60.8 Å². The molecular formula is C63H117NO3. The van der Waals surface area contributed by atoms with Crippen LogP contribution in [-0.2, 0) is 4.79 Å². The van der Waals surface area contributed by atoms with Gasteiger partial charge in [0.05, 0.1) is 18.8 Å². The highest BCUT2D eigenvalue weighted by atomic mass is 16.3. The SMILES string of the molecule is CCCCCCC/C=C\C/C=C\CCCCCCCCCCCCCCCCCCCCCCCC(=O)NC(CO)C(O)/C=C/CC/C=C/CC/C=C/CCCCCCCCCCCCCC. The second kappa shape index (κ2) is 58.4. The van der Waals surface area contributed by atoms with Crippen molar-refractivity contribution in [2.24, 2.45) is 0 Å². The molecule has 0 radical (unpaired) electrons. The number of carbonyl (C=O) groups excluding carboxylic acids is 1. The number of aliphatic hydroxyl groups is 2. The maximum atomic E-state index is 12.5. The van der Waals surface area contributed by atoms with Gasteiger partial charge in [-0.1, -0.05) is 293 Å². The molecule has 3 N–H and O–H groups in total. The Morgan fingerprint density at radius 2 is 0.627 bits per heavy atom. The third-order valence-corrected chi connectivity index (χ3v) is 13.7. The first-order valence-electron chi connectivity index (χ1n) is 30.0. The lowest BCUT2D eigenvalue weighted by atomic mass is 10.0. The highest BCUT2D eigenvalue weighted by molar-refractivity contribution is 5.76. The van der Waals surface area contributed by atoms with E-state index in [9.17, 15) is 15.0 Å². The summed E-state index contributed by atoms with van der Waals surface area (Å²) in [6.07, 6.45) is 82.6. The van der Waals surface area contributed by atoms with Crippen molar-refractivity contribution in [2.75, 3.05) is 6.61 Å². The van der Waals surface area contributed by atoms with Crippen LogP contribution in [0.15, 0.2) is 60.8 Å². The van der Waals surface area contributed by atoms with Gasteiger partial charge in [-0.05, 0) is 77.0 Å². The Balaban J connectivity index is 3.50. The summed E-state index contributed by atoms with van der Waals surface area (Å²) in [7, 11) is 0. The van der Waals surface area contributed by atoms with Crippen LogP contribution >= 0.6 is 0 Å². The summed E-state index contributed by atoms with van der Waals surface area (Å²) in [5.41, 5.74) is 0. The van der Waals surface area contributed by atoms with E-state index in [2.05, 4.69) is 67.8 Å². The second-order valence-electron chi connectivity index (χ2n) is 20.4. The van der Waals surface area contributed by atoms with Gasteiger partial charge < -0.3 is 15.5 Å². The van der Waals surface area contributed by atoms with Gasteiger partial charge in [-0.15, -0.1) is 0 Å². The first-order chi connectivity index (χ1) is 33.2. The number of nitrogens with one attached hydrogen (secondary N) is 1. The predicted molar refractivity (Wildman–Crippen MR) is 299 cm³/mol. The van der Waals surface area contributed by atoms with Crippen molar-refractivity contribution in [1.29, 1.82) is 0 Å². The molecule has 67 heavy (non-hydrogen) atoms. The van der Waals surface area contributed by atoms with Gasteiger partial charge in [0.25, 0.3) is 0 Å². The smallest absolute Gasteiger partial charge is 0.220 e. The molecule has 0 saturated heterocycles. The van der Waals surface area contributed by atoms with Crippen molar-refractivity contribution in [1.82, 2.24) is 5.32 Å². The van der Waals surface area contributed by atoms with Crippen molar-refractivity contribution < 1.29 is 15.0 Å². The molecule has 4 nitrogen and oxygen atoms in total. The molecule has 0 aliphatic heterocycles. The highest BCUT2D eigenvalue weighted by Crippen LogP contribution is 2.17. The number of allylic oxidation sites excluding steroid dienone is 9. The van der Waals surface area contributed by atoms with E-state index in [1.807, 2.05) is 6.08 Å². The molecule has 2 atom stereocenters. The fourth-order valence-electron chi connectivity index (χ4n) is 9.13. The van der Waals surface area contributed by atoms with Gasteiger partial charge in [-0.2, -0.15) is 0 Å². The molecule has 392 valence electrons. The van der Waals surface area contributed by atoms with Crippen LogP contribution in [0, 0.1) is 0 Å². The Bertz CT molecular complexity index is 1110. The molecule has 0 aromatic carbocycles. The highest BCUT2D eigenvalue weighted by Gasteiger charge is 2.18. The third-order valence-electron chi connectivity index (χ3n) is 13.7. The number of unbranched alkanes of at least 4 members (excludes halogenated alkanes) is 40. The lowest BCUT2D eigenvalue weighted by Crippen LogP contribution is -2.45. The fraction of sp³-hybridized carbons (Fsp3) is 0.825. The topological polar surface area (TPSA) is 69.6 Å². The van der Waals surface area contributed by atoms with E-state index in [-0.39, 0.29) is 12.5 Å². The molecule has 0 spiro atoms. The molecule has 0 saturated carbocycles. The standard InChI is InChI=1S/C63H117NO3/c1-3-5-7-9-11-13-15-17-19-21-23-25-27-28-29-30-31-32-33-34-35-36-37-39-41-43-45-47-49-51-53-55-57-59-63(67)64-61(60-65)62(66)58-56-54-52-50-48-46-44-42-40-38-26-24-22-20-18-16-14-12-10-8-6-4-2/h15,17,21,23,40,42,48,50,56,58,61-62,65-66H,3-14,16,18-20,22,24-39,41,43-47,49,51-55,57,59-60H2,1-2H3,(H,64,67)/b17-15-,23-21-,42-40+,50-48+,58-56+.